The van der Waals surface area contributed by atoms with Crippen molar-refractivity contribution < 1.29 is 23.9 Å². The molecule has 1 atom stereocenters. The molecule has 1 spiro atoms. The zero-order valence-electron chi connectivity index (χ0n) is 16.3. The highest BCUT2D eigenvalue weighted by Gasteiger charge is 2.52. The van der Waals surface area contributed by atoms with Gasteiger partial charge < -0.3 is 20.3 Å². The molecule has 3 aliphatic rings. The van der Waals surface area contributed by atoms with Gasteiger partial charge in [-0.25, -0.2) is 4.79 Å². The minimum absolute atomic E-state index is 0.00934. The Morgan fingerprint density at radius 3 is 2.69 bits per heavy atom. The Balaban J connectivity index is 1.47. The molecule has 1 saturated heterocycles. The second kappa shape index (κ2) is 7.38. The standard InChI is InChI=1S/C20H24N4O5/c1-21-17(26)15-12-24(13-6-2-3-7-14(13)29-15)16(25)8-11-23-18(27)20(22-19(23)28)9-4-5-10-20/h2-3,6-7,15H,4-5,8-12H2,1H3,(H,21,26)(H,22,28)/t15-/m0/s1. The topological polar surface area (TPSA) is 108 Å². The van der Waals surface area contributed by atoms with Crippen LogP contribution in [0, 0.1) is 0 Å². The van der Waals surface area contributed by atoms with Crippen LogP contribution in [0.1, 0.15) is 32.1 Å². The zero-order chi connectivity index (χ0) is 20.6. The van der Waals surface area contributed by atoms with E-state index in [1.807, 2.05) is 0 Å². The normalized spacial score (nSPS) is 22.3. The molecule has 4 rings (SSSR count). The number of hydrogen-bond acceptors (Lipinski definition) is 5. The minimum Gasteiger partial charge on any atom is -0.477 e. The van der Waals surface area contributed by atoms with E-state index in [1.54, 1.807) is 24.3 Å². The van der Waals surface area contributed by atoms with Gasteiger partial charge in [0.25, 0.3) is 11.8 Å². The van der Waals surface area contributed by atoms with Gasteiger partial charge >= 0.3 is 6.03 Å². The predicted octanol–water partition coefficient (Wildman–Crippen LogP) is 0.781. The monoisotopic (exact) mass is 400 g/mol. The SMILES string of the molecule is CNC(=O)[C@@H]1CN(C(=O)CCN2C(=O)NC3(CCCC3)C2=O)c2ccccc2O1. The number of urea groups is 1. The van der Waals surface area contributed by atoms with Crippen LogP contribution < -0.4 is 20.3 Å². The molecule has 9 heteroatoms. The van der Waals surface area contributed by atoms with E-state index in [9.17, 15) is 19.2 Å². The van der Waals surface area contributed by atoms with Gasteiger partial charge in [0.05, 0.1) is 12.2 Å². The van der Waals surface area contributed by atoms with Crippen molar-refractivity contribution in [2.45, 2.75) is 43.7 Å². The number of anilines is 1. The molecule has 9 nitrogen and oxygen atoms in total. The highest BCUT2D eigenvalue weighted by molar-refractivity contribution is 6.07. The molecule has 0 unspecified atom stereocenters. The number of ether oxygens (including phenoxy) is 1. The highest BCUT2D eigenvalue weighted by Crippen LogP contribution is 2.36. The summed E-state index contributed by atoms with van der Waals surface area (Å²) >= 11 is 0. The molecular formula is C20H24N4O5. The number of benzene rings is 1. The van der Waals surface area contributed by atoms with Crippen molar-refractivity contribution >= 4 is 29.4 Å². The molecule has 154 valence electrons. The van der Waals surface area contributed by atoms with Crippen molar-refractivity contribution in [3.8, 4) is 5.75 Å². The average Bonchev–Trinajstić information content (AvgIpc) is 3.29. The Bertz CT molecular complexity index is 864. The van der Waals surface area contributed by atoms with Crippen molar-refractivity contribution in [3.05, 3.63) is 24.3 Å². The van der Waals surface area contributed by atoms with Gasteiger partial charge in [-0.2, -0.15) is 0 Å². The third-order valence-corrected chi connectivity index (χ3v) is 5.87. The third-order valence-electron chi connectivity index (χ3n) is 5.87. The molecule has 1 aromatic carbocycles. The molecule has 2 N–H and O–H groups in total. The van der Waals surface area contributed by atoms with Crippen LogP contribution >= 0.6 is 0 Å². The summed E-state index contributed by atoms with van der Waals surface area (Å²) in [5, 5.41) is 5.35. The Morgan fingerprint density at radius 1 is 1.24 bits per heavy atom. The van der Waals surface area contributed by atoms with Crippen LogP contribution in [0.2, 0.25) is 0 Å². The average molecular weight is 400 g/mol. The number of nitrogens with zero attached hydrogens (tertiary/aromatic N) is 2. The summed E-state index contributed by atoms with van der Waals surface area (Å²) in [6, 6.07) is 6.56. The summed E-state index contributed by atoms with van der Waals surface area (Å²) in [7, 11) is 1.51. The van der Waals surface area contributed by atoms with E-state index in [0.29, 0.717) is 24.3 Å². The fourth-order valence-corrected chi connectivity index (χ4v) is 4.31. The lowest BCUT2D eigenvalue weighted by molar-refractivity contribution is -0.131. The number of hydrogen-bond donors (Lipinski definition) is 2. The maximum absolute atomic E-state index is 13.0. The molecule has 2 fully saturated rings. The van der Waals surface area contributed by atoms with Crippen molar-refractivity contribution in [3.63, 3.8) is 0 Å². The van der Waals surface area contributed by atoms with Crippen molar-refractivity contribution in [2.24, 2.45) is 0 Å². The van der Waals surface area contributed by atoms with Crippen molar-refractivity contribution in [1.29, 1.82) is 0 Å². The summed E-state index contributed by atoms with van der Waals surface area (Å²) < 4.78 is 5.71. The number of rotatable bonds is 4. The Morgan fingerprint density at radius 2 is 1.97 bits per heavy atom. The summed E-state index contributed by atoms with van der Waals surface area (Å²) in [5.74, 6) is -0.392. The minimum atomic E-state index is -0.822. The van der Waals surface area contributed by atoms with E-state index < -0.39 is 17.7 Å². The Labute approximate surface area is 168 Å². The number of fused-ring (bicyclic) bond motifs is 1. The molecular weight excluding hydrogens is 376 g/mol. The molecule has 2 aliphatic heterocycles. The molecule has 0 aromatic heterocycles. The quantitative estimate of drug-likeness (QED) is 0.727. The molecule has 2 heterocycles. The maximum Gasteiger partial charge on any atom is 0.325 e. The molecule has 5 amide bonds. The van der Waals surface area contributed by atoms with Crippen LogP contribution in [0.3, 0.4) is 0 Å². The Hall–Kier alpha value is -3.10. The summed E-state index contributed by atoms with van der Waals surface area (Å²) in [5.41, 5.74) is -0.210. The van der Waals surface area contributed by atoms with Crippen LogP contribution in [0.15, 0.2) is 24.3 Å². The highest BCUT2D eigenvalue weighted by atomic mass is 16.5. The van der Waals surface area contributed by atoms with Crippen molar-refractivity contribution in [1.82, 2.24) is 15.5 Å². The van der Waals surface area contributed by atoms with E-state index in [2.05, 4.69) is 10.6 Å². The van der Waals surface area contributed by atoms with E-state index in [1.165, 1.54) is 11.9 Å². The van der Waals surface area contributed by atoms with Crippen molar-refractivity contribution in [2.75, 3.05) is 25.0 Å². The fourth-order valence-electron chi connectivity index (χ4n) is 4.31. The zero-order valence-corrected chi connectivity index (χ0v) is 16.3. The molecule has 29 heavy (non-hydrogen) atoms. The van der Waals surface area contributed by atoms with Crippen LogP contribution in [0.25, 0.3) is 0 Å². The van der Waals surface area contributed by atoms with Gasteiger partial charge in [0.15, 0.2) is 6.10 Å². The first-order chi connectivity index (χ1) is 13.9. The van der Waals surface area contributed by atoms with Gasteiger partial charge in [-0.15, -0.1) is 0 Å². The number of imide groups is 1. The van der Waals surface area contributed by atoms with Gasteiger partial charge in [0.1, 0.15) is 11.3 Å². The van der Waals surface area contributed by atoms with Crippen LogP contribution in [-0.4, -0.2) is 60.4 Å². The third kappa shape index (κ3) is 3.30. The van der Waals surface area contributed by atoms with E-state index in [0.717, 1.165) is 17.7 Å². The summed E-state index contributed by atoms with van der Waals surface area (Å²) in [6.45, 7) is 0.0784. The van der Waals surface area contributed by atoms with E-state index in [-0.39, 0.29) is 37.2 Å². The van der Waals surface area contributed by atoms with Crippen LogP contribution in [0.4, 0.5) is 10.5 Å². The van der Waals surface area contributed by atoms with Gasteiger partial charge in [-0.3, -0.25) is 19.3 Å². The lowest BCUT2D eigenvalue weighted by atomic mass is 9.98. The van der Waals surface area contributed by atoms with Gasteiger partial charge in [-0.05, 0) is 25.0 Å². The first kappa shape index (κ1) is 19.2. The van der Waals surface area contributed by atoms with E-state index >= 15 is 0 Å². The molecule has 1 aromatic rings. The second-order valence-corrected chi connectivity index (χ2v) is 7.62. The number of likely N-dealkylation sites (N-methyl/N-ethyl adjacent to an activating group) is 1. The Kier molecular flexibility index (Phi) is 4.89. The first-order valence-electron chi connectivity index (χ1n) is 9.87. The summed E-state index contributed by atoms with van der Waals surface area (Å²) in [6.07, 6.45) is 2.26. The lowest BCUT2D eigenvalue weighted by Crippen LogP contribution is -2.50. The van der Waals surface area contributed by atoms with Gasteiger partial charge in [-0.1, -0.05) is 25.0 Å². The first-order valence-corrected chi connectivity index (χ1v) is 9.87. The van der Waals surface area contributed by atoms with E-state index in [4.69, 9.17) is 4.74 Å². The number of carbonyl (C=O) groups excluding carboxylic acids is 4. The number of para-hydroxylation sites is 2. The number of amides is 5. The smallest absolute Gasteiger partial charge is 0.325 e. The number of carbonyl (C=O) groups is 4. The fraction of sp³-hybridized carbons (Fsp3) is 0.500. The lowest BCUT2D eigenvalue weighted by Gasteiger charge is -2.34. The predicted molar refractivity (Wildman–Crippen MR) is 103 cm³/mol. The molecule has 1 aliphatic carbocycles. The number of nitrogens with one attached hydrogen (secondary N) is 2. The molecule has 0 bridgehead atoms. The summed E-state index contributed by atoms with van der Waals surface area (Å²) in [4.78, 5) is 52.7. The molecule has 1 saturated carbocycles. The van der Waals surface area contributed by atoms with Crippen LogP contribution in [0.5, 0.6) is 5.75 Å². The second-order valence-electron chi connectivity index (χ2n) is 7.62. The van der Waals surface area contributed by atoms with Gasteiger partial charge in [0, 0.05) is 20.0 Å². The maximum atomic E-state index is 13.0. The van der Waals surface area contributed by atoms with Gasteiger partial charge in [0.2, 0.25) is 5.91 Å². The molecule has 0 radical (unpaired) electrons. The van der Waals surface area contributed by atoms with Crippen LogP contribution in [-0.2, 0) is 14.4 Å². The largest absolute Gasteiger partial charge is 0.477 e.